The van der Waals surface area contributed by atoms with Crippen molar-refractivity contribution >= 4 is 34.8 Å². The first kappa shape index (κ1) is 17.4. The SMILES string of the molecule is O=C(COc1ccc(C(F)(F)F)cc1)Nc1ccc(Cl)c(Cl)c1. The third kappa shape index (κ3) is 5.04. The zero-order valence-corrected chi connectivity index (χ0v) is 13.0. The van der Waals surface area contributed by atoms with Crippen molar-refractivity contribution in [1.82, 2.24) is 0 Å². The first-order chi connectivity index (χ1) is 10.8. The number of hydrogen-bond donors (Lipinski definition) is 1. The molecule has 0 spiro atoms. The summed E-state index contributed by atoms with van der Waals surface area (Å²) in [5.41, 5.74) is -0.356. The van der Waals surface area contributed by atoms with E-state index in [0.717, 1.165) is 24.3 Å². The summed E-state index contributed by atoms with van der Waals surface area (Å²) in [6, 6.07) is 8.61. The van der Waals surface area contributed by atoms with E-state index in [2.05, 4.69) is 5.32 Å². The molecule has 2 rings (SSSR count). The van der Waals surface area contributed by atoms with Crippen LogP contribution in [0.3, 0.4) is 0 Å². The van der Waals surface area contributed by atoms with Crippen molar-refractivity contribution in [2.24, 2.45) is 0 Å². The van der Waals surface area contributed by atoms with Crippen LogP contribution in [0.5, 0.6) is 5.75 Å². The van der Waals surface area contributed by atoms with E-state index in [-0.39, 0.29) is 17.4 Å². The van der Waals surface area contributed by atoms with E-state index in [9.17, 15) is 18.0 Å². The Bertz CT molecular complexity index is 703. The molecule has 0 heterocycles. The Labute approximate surface area is 140 Å². The number of amides is 1. The second kappa shape index (κ2) is 7.10. The van der Waals surface area contributed by atoms with E-state index >= 15 is 0 Å². The predicted molar refractivity (Wildman–Crippen MR) is 82.0 cm³/mol. The molecule has 0 aliphatic heterocycles. The molecule has 0 atom stereocenters. The Morgan fingerprint density at radius 1 is 1.04 bits per heavy atom. The van der Waals surface area contributed by atoms with Crippen molar-refractivity contribution in [3.8, 4) is 5.75 Å². The van der Waals surface area contributed by atoms with Crippen LogP contribution in [0.2, 0.25) is 10.0 Å². The summed E-state index contributed by atoms with van der Waals surface area (Å²) in [6.45, 7) is -0.356. The molecule has 1 N–H and O–H groups in total. The second-order valence-corrected chi connectivity index (χ2v) is 5.30. The average molecular weight is 364 g/mol. The number of alkyl halides is 3. The summed E-state index contributed by atoms with van der Waals surface area (Å²) in [4.78, 5) is 11.7. The molecule has 0 radical (unpaired) electrons. The summed E-state index contributed by atoms with van der Waals surface area (Å²) in [5, 5.41) is 3.17. The van der Waals surface area contributed by atoms with Gasteiger partial charge in [0.05, 0.1) is 15.6 Å². The van der Waals surface area contributed by atoms with Crippen LogP contribution in [0.25, 0.3) is 0 Å². The first-order valence-corrected chi connectivity index (χ1v) is 7.06. The zero-order valence-electron chi connectivity index (χ0n) is 11.5. The second-order valence-electron chi connectivity index (χ2n) is 4.49. The molecular formula is C15H10Cl2F3NO2. The van der Waals surface area contributed by atoms with Gasteiger partial charge in [-0.2, -0.15) is 13.2 Å². The van der Waals surface area contributed by atoms with Crippen molar-refractivity contribution in [3.05, 3.63) is 58.1 Å². The Balaban J connectivity index is 1.90. The molecule has 2 aromatic rings. The minimum absolute atomic E-state index is 0.155. The molecule has 122 valence electrons. The van der Waals surface area contributed by atoms with Crippen LogP contribution in [0.15, 0.2) is 42.5 Å². The van der Waals surface area contributed by atoms with Crippen LogP contribution >= 0.6 is 23.2 Å². The monoisotopic (exact) mass is 363 g/mol. The van der Waals surface area contributed by atoms with Crippen molar-refractivity contribution in [2.45, 2.75) is 6.18 Å². The van der Waals surface area contributed by atoms with Gasteiger partial charge in [0.15, 0.2) is 6.61 Å². The summed E-state index contributed by atoms with van der Waals surface area (Å²) in [5.74, 6) is -0.328. The van der Waals surface area contributed by atoms with Gasteiger partial charge in [0.25, 0.3) is 5.91 Å². The molecule has 0 aliphatic rings. The lowest BCUT2D eigenvalue weighted by Gasteiger charge is -2.10. The number of nitrogens with one attached hydrogen (secondary N) is 1. The van der Waals surface area contributed by atoms with Gasteiger partial charge < -0.3 is 10.1 Å². The Morgan fingerprint density at radius 2 is 1.70 bits per heavy atom. The average Bonchev–Trinajstić information content (AvgIpc) is 2.48. The van der Waals surface area contributed by atoms with Gasteiger partial charge in [-0.25, -0.2) is 0 Å². The van der Waals surface area contributed by atoms with Crippen molar-refractivity contribution in [1.29, 1.82) is 0 Å². The van der Waals surface area contributed by atoms with Crippen molar-refractivity contribution in [2.75, 3.05) is 11.9 Å². The largest absolute Gasteiger partial charge is 0.484 e. The van der Waals surface area contributed by atoms with E-state index in [1.807, 2.05) is 0 Å². The van der Waals surface area contributed by atoms with Gasteiger partial charge in [0.2, 0.25) is 0 Å². The molecule has 23 heavy (non-hydrogen) atoms. The highest BCUT2D eigenvalue weighted by atomic mass is 35.5. The quantitative estimate of drug-likeness (QED) is 0.827. The number of ether oxygens (including phenoxy) is 1. The molecule has 0 saturated heterocycles. The lowest BCUT2D eigenvalue weighted by molar-refractivity contribution is -0.137. The van der Waals surface area contributed by atoms with Crippen LogP contribution in [-0.2, 0) is 11.0 Å². The highest BCUT2D eigenvalue weighted by Crippen LogP contribution is 2.30. The van der Waals surface area contributed by atoms with E-state index in [0.29, 0.717) is 10.7 Å². The van der Waals surface area contributed by atoms with Crippen molar-refractivity contribution in [3.63, 3.8) is 0 Å². The molecule has 0 saturated carbocycles. The molecule has 1 amide bonds. The third-order valence-electron chi connectivity index (χ3n) is 2.75. The van der Waals surface area contributed by atoms with E-state index in [4.69, 9.17) is 27.9 Å². The summed E-state index contributed by atoms with van der Waals surface area (Å²) < 4.78 is 42.4. The highest BCUT2D eigenvalue weighted by Gasteiger charge is 2.30. The van der Waals surface area contributed by atoms with Crippen LogP contribution < -0.4 is 10.1 Å². The summed E-state index contributed by atoms with van der Waals surface area (Å²) in [6.07, 6.45) is -4.41. The minimum Gasteiger partial charge on any atom is -0.484 e. The molecule has 3 nitrogen and oxygen atoms in total. The van der Waals surface area contributed by atoms with Gasteiger partial charge in [-0.15, -0.1) is 0 Å². The number of benzene rings is 2. The molecule has 8 heteroatoms. The standard InChI is InChI=1S/C15H10Cl2F3NO2/c16-12-6-3-10(7-13(12)17)21-14(22)8-23-11-4-1-9(2-5-11)15(18,19)20/h1-7H,8H2,(H,21,22). The fraction of sp³-hybridized carbons (Fsp3) is 0.133. The number of halogens is 5. The number of hydrogen-bond acceptors (Lipinski definition) is 2. The van der Waals surface area contributed by atoms with Gasteiger partial charge in [0, 0.05) is 5.69 Å². The fourth-order valence-corrected chi connectivity index (χ4v) is 1.96. The van der Waals surface area contributed by atoms with Gasteiger partial charge in [0.1, 0.15) is 5.75 Å². The number of rotatable bonds is 4. The van der Waals surface area contributed by atoms with Gasteiger partial charge >= 0.3 is 6.18 Å². The molecule has 0 unspecified atom stereocenters. The molecule has 0 bridgehead atoms. The molecular weight excluding hydrogens is 354 g/mol. The lowest BCUT2D eigenvalue weighted by Crippen LogP contribution is -2.20. The number of carbonyl (C=O) groups is 1. The predicted octanol–water partition coefficient (Wildman–Crippen LogP) is 5.03. The van der Waals surface area contributed by atoms with Crippen LogP contribution in [0, 0.1) is 0 Å². The Hall–Kier alpha value is -1.92. The number of carbonyl (C=O) groups excluding carboxylic acids is 1. The minimum atomic E-state index is -4.41. The van der Waals surface area contributed by atoms with Crippen LogP contribution in [-0.4, -0.2) is 12.5 Å². The maximum atomic E-state index is 12.4. The van der Waals surface area contributed by atoms with E-state index in [1.165, 1.54) is 12.1 Å². The lowest BCUT2D eigenvalue weighted by atomic mass is 10.2. The molecule has 0 fully saturated rings. The summed E-state index contributed by atoms with van der Waals surface area (Å²) in [7, 11) is 0. The first-order valence-electron chi connectivity index (χ1n) is 6.30. The zero-order chi connectivity index (χ0) is 17.0. The third-order valence-corrected chi connectivity index (χ3v) is 3.49. The molecule has 0 aromatic heterocycles. The van der Waals surface area contributed by atoms with Crippen molar-refractivity contribution < 1.29 is 22.7 Å². The van der Waals surface area contributed by atoms with Gasteiger partial charge in [-0.3, -0.25) is 4.79 Å². The normalized spacial score (nSPS) is 11.2. The molecule has 2 aromatic carbocycles. The fourth-order valence-electron chi connectivity index (χ4n) is 1.66. The topological polar surface area (TPSA) is 38.3 Å². The maximum absolute atomic E-state index is 12.4. The van der Waals surface area contributed by atoms with Gasteiger partial charge in [-0.05, 0) is 42.5 Å². The number of anilines is 1. The van der Waals surface area contributed by atoms with Crippen LogP contribution in [0.4, 0.5) is 18.9 Å². The highest BCUT2D eigenvalue weighted by molar-refractivity contribution is 6.42. The molecule has 0 aliphatic carbocycles. The summed E-state index contributed by atoms with van der Waals surface area (Å²) >= 11 is 11.6. The Morgan fingerprint density at radius 3 is 2.26 bits per heavy atom. The Kier molecular flexibility index (Phi) is 5.38. The smallest absolute Gasteiger partial charge is 0.416 e. The van der Waals surface area contributed by atoms with E-state index in [1.54, 1.807) is 6.07 Å². The maximum Gasteiger partial charge on any atom is 0.416 e. The van der Waals surface area contributed by atoms with Crippen LogP contribution in [0.1, 0.15) is 5.56 Å². The van der Waals surface area contributed by atoms with Gasteiger partial charge in [-0.1, -0.05) is 23.2 Å². The van der Waals surface area contributed by atoms with E-state index < -0.39 is 17.6 Å².